The first kappa shape index (κ1) is 12.1. The summed E-state index contributed by atoms with van der Waals surface area (Å²) in [7, 11) is 0. The first-order chi connectivity index (χ1) is 7.04. The second-order valence-electron chi connectivity index (χ2n) is 3.09. The lowest BCUT2D eigenvalue weighted by molar-refractivity contribution is -0.119. The molecule has 0 aliphatic rings. The molecule has 0 aromatic heterocycles. The van der Waals surface area contributed by atoms with E-state index in [9.17, 15) is 13.6 Å². The number of carbonyl (C=O) groups excluding carboxylic acids is 1. The van der Waals surface area contributed by atoms with Gasteiger partial charge in [0.15, 0.2) is 0 Å². The van der Waals surface area contributed by atoms with Gasteiger partial charge in [0.05, 0.1) is 11.4 Å². The molecule has 1 atom stereocenters. The third-order valence-corrected chi connectivity index (χ3v) is 2.44. The number of nitrogens with one attached hydrogen (secondary N) is 1. The van der Waals surface area contributed by atoms with Crippen molar-refractivity contribution in [3.63, 3.8) is 0 Å². The molecule has 0 spiro atoms. The van der Waals surface area contributed by atoms with Gasteiger partial charge in [-0.2, -0.15) is 0 Å². The van der Waals surface area contributed by atoms with E-state index in [1.807, 2.05) is 0 Å². The van der Waals surface area contributed by atoms with Crippen LogP contribution in [0.5, 0.6) is 0 Å². The van der Waals surface area contributed by atoms with Crippen LogP contribution in [-0.2, 0) is 4.79 Å². The maximum Gasteiger partial charge on any atom is 0.231 e. The van der Waals surface area contributed by atoms with E-state index in [0.717, 1.165) is 12.1 Å². The molecule has 15 heavy (non-hydrogen) atoms. The van der Waals surface area contributed by atoms with Gasteiger partial charge in [-0.05, 0) is 13.0 Å². The van der Waals surface area contributed by atoms with Crippen molar-refractivity contribution in [3.8, 4) is 0 Å². The molecular weight excluding hydrogens is 268 g/mol. The van der Waals surface area contributed by atoms with Crippen LogP contribution in [0, 0.1) is 11.6 Å². The highest BCUT2D eigenvalue weighted by atomic mass is 79.9. The molecule has 1 amide bonds. The number of amides is 1. The van der Waals surface area contributed by atoms with E-state index >= 15 is 0 Å². The highest BCUT2D eigenvalue weighted by Gasteiger charge is 2.13. The maximum atomic E-state index is 13.3. The van der Waals surface area contributed by atoms with Crippen molar-refractivity contribution in [2.45, 2.75) is 13.0 Å². The Labute approximate surface area is 94.8 Å². The summed E-state index contributed by atoms with van der Waals surface area (Å²) in [5.41, 5.74) is 0.269. The molecule has 0 saturated carbocycles. The zero-order chi connectivity index (χ0) is 11.4. The van der Waals surface area contributed by atoms with Crippen LogP contribution in [0.25, 0.3) is 0 Å². The normalized spacial score (nSPS) is 12.3. The van der Waals surface area contributed by atoms with Crippen molar-refractivity contribution in [2.75, 3.05) is 5.33 Å². The smallest absolute Gasteiger partial charge is 0.231 e. The van der Waals surface area contributed by atoms with E-state index in [1.165, 1.54) is 6.07 Å². The predicted molar refractivity (Wildman–Crippen MR) is 56.7 cm³/mol. The van der Waals surface area contributed by atoms with Gasteiger partial charge in [0.2, 0.25) is 5.91 Å². The monoisotopic (exact) mass is 277 g/mol. The van der Waals surface area contributed by atoms with E-state index in [4.69, 9.17) is 0 Å². The van der Waals surface area contributed by atoms with Crippen molar-refractivity contribution in [3.05, 3.63) is 35.4 Å². The van der Waals surface area contributed by atoms with Gasteiger partial charge in [-0.25, -0.2) is 8.78 Å². The van der Waals surface area contributed by atoms with Gasteiger partial charge in [0, 0.05) is 11.6 Å². The van der Waals surface area contributed by atoms with E-state index < -0.39 is 17.7 Å². The average molecular weight is 278 g/mol. The first-order valence-corrected chi connectivity index (χ1v) is 5.47. The molecule has 2 nitrogen and oxygen atoms in total. The minimum absolute atomic E-state index is 0.153. The fourth-order valence-corrected chi connectivity index (χ4v) is 1.37. The van der Waals surface area contributed by atoms with Gasteiger partial charge in [-0.3, -0.25) is 4.79 Å². The Morgan fingerprint density at radius 1 is 1.53 bits per heavy atom. The van der Waals surface area contributed by atoms with Crippen LogP contribution in [-0.4, -0.2) is 11.2 Å². The lowest BCUT2D eigenvalue weighted by Gasteiger charge is -2.14. The SMILES string of the molecule is C[C@H](NC(=O)CBr)c1ccc(F)cc1F. The number of alkyl halides is 1. The molecule has 0 aliphatic heterocycles. The van der Waals surface area contributed by atoms with E-state index in [2.05, 4.69) is 21.2 Å². The van der Waals surface area contributed by atoms with Crippen LogP contribution < -0.4 is 5.32 Å². The quantitative estimate of drug-likeness (QED) is 0.846. The predicted octanol–water partition coefficient (Wildman–Crippen LogP) is 2.54. The van der Waals surface area contributed by atoms with E-state index in [-0.39, 0.29) is 16.8 Å². The average Bonchev–Trinajstić information content (AvgIpc) is 2.17. The number of hydrogen-bond acceptors (Lipinski definition) is 1. The van der Waals surface area contributed by atoms with Crippen LogP contribution in [0.4, 0.5) is 8.78 Å². The van der Waals surface area contributed by atoms with Crippen molar-refractivity contribution < 1.29 is 13.6 Å². The number of rotatable bonds is 3. The number of hydrogen-bond donors (Lipinski definition) is 1. The van der Waals surface area contributed by atoms with Crippen LogP contribution in [0.3, 0.4) is 0 Å². The van der Waals surface area contributed by atoms with Crippen LogP contribution >= 0.6 is 15.9 Å². The summed E-state index contributed by atoms with van der Waals surface area (Å²) < 4.78 is 25.9. The highest BCUT2D eigenvalue weighted by Crippen LogP contribution is 2.17. The molecule has 1 N–H and O–H groups in total. The van der Waals surface area contributed by atoms with Gasteiger partial charge in [0.1, 0.15) is 11.6 Å². The third-order valence-electron chi connectivity index (χ3n) is 1.93. The molecule has 5 heteroatoms. The van der Waals surface area contributed by atoms with Crippen molar-refractivity contribution in [2.24, 2.45) is 0 Å². The zero-order valence-corrected chi connectivity index (χ0v) is 9.64. The molecule has 0 fully saturated rings. The Bertz CT molecular complexity index is 370. The van der Waals surface area contributed by atoms with Crippen molar-refractivity contribution >= 4 is 21.8 Å². The van der Waals surface area contributed by atoms with Crippen LogP contribution in [0.15, 0.2) is 18.2 Å². The molecule has 0 saturated heterocycles. The van der Waals surface area contributed by atoms with Gasteiger partial charge in [-0.15, -0.1) is 0 Å². The first-order valence-electron chi connectivity index (χ1n) is 4.35. The molecule has 1 aromatic rings. The Hall–Kier alpha value is -0.970. The lowest BCUT2D eigenvalue weighted by Crippen LogP contribution is -2.27. The van der Waals surface area contributed by atoms with Crippen LogP contribution in [0.2, 0.25) is 0 Å². The Kier molecular flexibility index (Phi) is 4.20. The molecule has 1 rings (SSSR count). The zero-order valence-electron chi connectivity index (χ0n) is 8.06. The summed E-state index contributed by atoms with van der Waals surface area (Å²) in [5.74, 6) is -1.53. The Morgan fingerprint density at radius 3 is 2.73 bits per heavy atom. The maximum absolute atomic E-state index is 13.3. The summed E-state index contributed by atoms with van der Waals surface area (Å²) >= 11 is 2.98. The number of carbonyl (C=O) groups is 1. The number of benzene rings is 1. The Balaban J connectivity index is 2.82. The van der Waals surface area contributed by atoms with E-state index in [0.29, 0.717) is 0 Å². The van der Waals surface area contributed by atoms with Gasteiger partial charge >= 0.3 is 0 Å². The summed E-state index contributed by atoms with van der Waals surface area (Å²) in [6.45, 7) is 1.64. The minimum Gasteiger partial charge on any atom is -0.349 e. The largest absolute Gasteiger partial charge is 0.349 e. The molecule has 0 radical (unpaired) electrons. The molecule has 0 bridgehead atoms. The van der Waals surface area contributed by atoms with Gasteiger partial charge in [0.25, 0.3) is 0 Å². The summed E-state index contributed by atoms with van der Waals surface area (Å²) in [6, 6.07) is 2.81. The second-order valence-corrected chi connectivity index (χ2v) is 3.65. The Morgan fingerprint density at radius 2 is 2.20 bits per heavy atom. The van der Waals surface area contributed by atoms with Crippen LogP contribution in [0.1, 0.15) is 18.5 Å². The molecule has 0 unspecified atom stereocenters. The van der Waals surface area contributed by atoms with E-state index in [1.54, 1.807) is 6.92 Å². The fourth-order valence-electron chi connectivity index (χ4n) is 1.21. The summed E-state index contributed by atoms with van der Waals surface area (Å²) in [4.78, 5) is 11.0. The van der Waals surface area contributed by atoms with Gasteiger partial charge < -0.3 is 5.32 Å². The highest BCUT2D eigenvalue weighted by molar-refractivity contribution is 9.09. The topological polar surface area (TPSA) is 29.1 Å². The molecular formula is C10H10BrF2NO. The molecule has 1 aromatic carbocycles. The summed E-state index contributed by atoms with van der Waals surface area (Å²) in [6.07, 6.45) is 0. The fraction of sp³-hybridized carbons (Fsp3) is 0.300. The third kappa shape index (κ3) is 3.27. The van der Waals surface area contributed by atoms with Crippen molar-refractivity contribution in [1.29, 1.82) is 0 Å². The second kappa shape index (κ2) is 5.21. The van der Waals surface area contributed by atoms with Crippen molar-refractivity contribution in [1.82, 2.24) is 5.32 Å². The van der Waals surface area contributed by atoms with Gasteiger partial charge in [-0.1, -0.05) is 22.0 Å². The number of halogens is 3. The lowest BCUT2D eigenvalue weighted by atomic mass is 10.1. The minimum atomic E-state index is -0.655. The molecule has 0 aliphatic carbocycles. The molecule has 82 valence electrons. The summed E-state index contributed by atoms with van der Waals surface area (Å²) in [5, 5.41) is 2.71. The molecule has 0 heterocycles. The standard InChI is InChI=1S/C10H10BrF2NO/c1-6(14-10(15)5-11)8-3-2-7(12)4-9(8)13/h2-4,6H,5H2,1H3,(H,14,15)/t6-/m0/s1.